The maximum absolute atomic E-state index is 13.1. The average molecular weight is 615 g/mol. The van der Waals surface area contributed by atoms with Crippen molar-refractivity contribution in [2.24, 2.45) is 0 Å². The van der Waals surface area contributed by atoms with Crippen LogP contribution < -0.4 is 26.2 Å². The number of nitrogens with two attached hydrogens (primary N) is 1. The number of hydrogen-bond acceptors (Lipinski definition) is 10. The van der Waals surface area contributed by atoms with E-state index in [1.807, 2.05) is 19.1 Å². The number of carbonyl (C=O) groups excluding carboxylic acids is 1. The van der Waals surface area contributed by atoms with Crippen molar-refractivity contribution in [3.05, 3.63) is 90.0 Å². The van der Waals surface area contributed by atoms with Gasteiger partial charge in [-0.15, -0.1) is 0 Å². The smallest absolute Gasteiger partial charge is 0.382 e. The van der Waals surface area contributed by atoms with Gasteiger partial charge in [0.2, 0.25) is 5.95 Å². The number of halogens is 3. The van der Waals surface area contributed by atoms with Crippen molar-refractivity contribution in [2.45, 2.75) is 19.5 Å². The van der Waals surface area contributed by atoms with E-state index >= 15 is 0 Å². The van der Waals surface area contributed by atoms with Gasteiger partial charge in [-0.3, -0.25) is 9.78 Å². The Balaban J connectivity index is 1.25. The first-order valence-corrected chi connectivity index (χ1v) is 14.2. The first kappa shape index (κ1) is 29.5. The molecule has 1 aliphatic rings. The van der Waals surface area contributed by atoms with E-state index in [-0.39, 0.29) is 17.1 Å². The summed E-state index contributed by atoms with van der Waals surface area (Å²) in [5, 5.41) is 5.78. The molecule has 45 heavy (non-hydrogen) atoms. The van der Waals surface area contributed by atoms with Crippen LogP contribution in [0, 0.1) is 6.92 Å². The van der Waals surface area contributed by atoms with Crippen LogP contribution in [0.2, 0.25) is 0 Å². The summed E-state index contributed by atoms with van der Waals surface area (Å²) >= 11 is 0. The lowest BCUT2D eigenvalue weighted by Gasteiger charge is -2.24. The summed E-state index contributed by atoms with van der Waals surface area (Å²) in [7, 11) is 0. The fourth-order valence-electron chi connectivity index (χ4n) is 5.12. The van der Waals surface area contributed by atoms with E-state index < -0.39 is 17.6 Å². The van der Waals surface area contributed by atoms with Gasteiger partial charge in [0.25, 0.3) is 5.91 Å². The highest BCUT2D eigenvalue weighted by Gasteiger charge is 2.30. The second-order valence-corrected chi connectivity index (χ2v) is 10.5. The minimum absolute atomic E-state index is 0.0313. The predicted octanol–water partition coefficient (Wildman–Crippen LogP) is 5.44. The number of anilines is 6. The van der Waals surface area contributed by atoms with Gasteiger partial charge in [-0.1, -0.05) is 12.1 Å². The third kappa shape index (κ3) is 6.54. The summed E-state index contributed by atoms with van der Waals surface area (Å²) in [5.74, 6) is 0.463. The zero-order valence-corrected chi connectivity index (χ0v) is 24.2. The van der Waals surface area contributed by atoms with E-state index in [1.54, 1.807) is 30.6 Å². The number of alkyl halides is 3. The Labute approximate surface area is 256 Å². The quantitative estimate of drug-likeness (QED) is 0.227. The summed E-state index contributed by atoms with van der Waals surface area (Å²) in [5.41, 5.74) is 9.00. The third-order valence-electron chi connectivity index (χ3n) is 7.50. The third-order valence-corrected chi connectivity index (χ3v) is 7.50. The monoisotopic (exact) mass is 614 g/mol. The standard InChI is InChI=1S/C31H29F3N10O/c1-19-6-7-20(29(45)39-22-5-2-4-21(17-22)31(32,33)34)16-24(19)40-28-26-25(37-18-38-28)27(35)42-30(41-26)44-13-3-12-43(14-15-44)23-8-10-36-11-9-23/h2,4-11,16-18H,3,12-15H2,1H3,(H,39,45)(H2,35,41,42)(H,37,38,40). The van der Waals surface area contributed by atoms with Crippen LogP contribution in [0.3, 0.4) is 0 Å². The number of carbonyl (C=O) groups is 1. The molecule has 0 spiro atoms. The van der Waals surface area contributed by atoms with Crippen LogP contribution in [-0.2, 0) is 6.18 Å². The van der Waals surface area contributed by atoms with E-state index in [0.29, 0.717) is 35.0 Å². The SMILES string of the molecule is Cc1ccc(C(=O)Nc2cccc(C(F)(F)F)c2)cc1Nc1ncnc2c(N)nc(N3CCCN(c4ccncc4)CC3)nc12. The molecule has 14 heteroatoms. The molecule has 6 rings (SSSR count). The summed E-state index contributed by atoms with van der Waals surface area (Å²) in [6, 6.07) is 13.4. The summed E-state index contributed by atoms with van der Waals surface area (Å²) < 4.78 is 39.4. The molecular formula is C31H29F3N10O. The number of pyridine rings is 1. The van der Waals surface area contributed by atoms with Crippen molar-refractivity contribution in [2.75, 3.05) is 52.3 Å². The van der Waals surface area contributed by atoms with Crippen molar-refractivity contribution in [1.82, 2.24) is 24.9 Å². The van der Waals surface area contributed by atoms with Gasteiger partial charge in [-0.2, -0.15) is 18.2 Å². The van der Waals surface area contributed by atoms with Crippen LogP contribution in [0.15, 0.2) is 73.3 Å². The molecule has 0 atom stereocenters. The first-order chi connectivity index (χ1) is 21.7. The fourth-order valence-corrected chi connectivity index (χ4v) is 5.12. The topological polar surface area (TPSA) is 138 Å². The predicted molar refractivity (Wildman–Crippen MR) is 167 cm³/mol. The highest BCUT2D eigenvalue weighted by molar-refractivity contribution is 6.05. The molecule has 1 saturated heterocycles. The molecule has 0 aliphatic carbocycles. The number of rotatable bonds is 6. The van der Waals surface area contributed by atoms with Gasteiger partial charge in [-0.25, -0.2) is 15.0 Å². The molecule has 11 nitrogen and oxygen atoms in total. The summed E-state index contributed by atoms with van der Waals surface area (Å²) in [4.78, 5) is 39.6. The van der Waals surface area contributed by atoms with Crippen molar-refractivity contribution in [3.63, 3.8) is 0 Å². The Hall–Kier alpha value is -5.53. The minimum atomic E-state index is -4.53. The Morgan fingerprint density at radius 2 is 1.69 bits per heavy atom. The molecule has 1 amide bonds. The molecule has 4 heterocycles. The summed E-state index contributed by atoms with van der Waals surface area (Å²) in [6.45, 7) is 4.88. The molecule has 3 aromatic heterocycles. The number of hydrogen-bond donors (Lipinski definition) is 3. The number of nitrogen functional groups attached to an aromatic ring is 1. The number of fused-ring (bicyclic) bond motifs is 1. The van der Waals surface area contributed by atoms with Gasteiger partial charge in [0.15, 0.2) is 11.6 Å². The second kappa shape index (κ2) is 12.2. The fraction of sp³-hybridized carbons (Fsp3) is 0.226. The maximum Gasteiger partial charge on any atom is 0.416 e. The molecule has 0 radical (unpaired) electrons. The van der Waals surface area contributed by atoms with Gasteiger partial charge in [0.1, 0.15) is 17.4 Å². The van der Waals surface area contributed by atoms with E-state index in [4.69, 9.17) is 10.7 Å². The van der Waals surface area contributed by atoms with E-state index in [0.717, 1.165) is 49.4 Å². The molecular weight excluding hydrogens is 585 g/mol. The molecule has 0 unspecified atom stereocenters. The van der Waals surface area contributed by atoms with Crippen molar-refractivity contribution in [1.29, 1.82) is 0 Å². The first-order valence-electron chi connectivity index (χ1n) is 14.2. The molecule has 0 saturated carbocycles. The molecule has 5 aromatic rings. The highest BCUT2D eigenvalue weighted by atomic mass is 19.4. The van der Waals surface area contributed by atoms with Gasteiger partial charge in [-0.05, 0) is 61.4 Å². The number of aromatic nitrogens is 5. The summed E-state index contributed by atoms with van der Waals surface area (Å²) in [6.07, 6.45) is 1.26. The van der Waals surface area contributed by atoms with Crippen LogP contribution in [0.25, 0.3) is 11.0 Å². The molecule has 230 valence electrons. The van der Waals surface area contributed by atoms with E-state index in [1.165, 1.54) is 18.5 Å². The average Bonchev–Trinajstić information content (AvgIpc) is 3.29. The van der Waals surface area contributed by atoms with Gasteiger partial charge in [0, 0.05) is 61.2 Å². The maximum atomic E-state index is 13.1. The van der Waals surface area contributed by atoms with Crippen LogP contribution in [-0.4, -0.2) is 57.0 Å². The Morgan fingerprint density at radius 3 is 2.49 bits per heavy atom. The van der Waals surface area contributed by atoms with Gasteiger partial charge >= 0.3 is 6.18 Å². The minimum Gasteiger partial charge on any atom is -0.382 e. The van der Waals surface area contributed by atoms with Crippen LogP contribution in [0.5, 0.6) is 0 Å². The van der Waals surface area contributed by atoms with Crippen LogP contribution >= 0.6 is 0 Å². The number of nitrogens with one attached hydrogen (secondary N) is 2. The molecule has 1 fully saturated rings. The molecule has 4 N–H and O–H groups in total. The molecule has 1 aliphatic heterocycles. The van der Waals surface area contributed by atoms with E-state index in [9.17, 15) is 18.0 Å². The van der Waals surface area contributed by atoms with E-state index in [2.05, 4.69) is 40.4 Å². The molecule has 0 bridgehead atoms. The lowest BCUT2D eigenvalue weighted by atomic mass is 10.1. The van der Waals surface area contributed by atoms with Crippen molar-refractivity contribution >= 4 is 51.6 Å². The Morgan fingerprint density at radius 1 is 0.911 bits per heavy atom. The lowest BCUT2D eigenvalue weighted by Crippen LogP contribution is -2.31. The van der Waals surface area contributed by atoms with Crippen LogP contribution in [0.1, 0.15) is 27.9 Å². The van der Waals surface area contributed by atoms with Crippen molar-refractivity contribution < 1.29 is 18.0 Å². The van der Waals surface area contributed by atoms with Crippen molar-refractivity contribution in [3.8, 4) is 0 Å². The Kier molecular flexibility index (Phi) is 8.02. The number of aryl methyl sites for hydroxylation is 1. The lowest BCUT2D eigenvalue weighted by molar-refractivity contribution is -0.137. The number of amides is 1. The van der Waals surface area contributed by atoms with Gasteiger partial charge in [0.05, 0.1) is 5.56 Å². The highest BCUT2D eigenvalue weighted by Crippen LogP contribution is 2.32. The molecule has 2 aromatic carbocycles. The zero-order valence-electron chi connectivity index (χ0n) is 24.2. The Bertz CT molecular complexity index is 1850. The second-order valence-electron chi connectivity index (χ2n) is 10.5. The normalized spacial score (nSPS) is 13.9. The van der Waals surface area contributed by atoms with Crippen LogP contribution in [0.4, 0.5) is 47.8 Å². The largest absolute Gasteiger partial charge is 0.416 e. The number of benzene rings is 2. The van der Waals surface area contributed by atoms with Gasteiger partial charge < -0.3 is 26.2 Å². The number of nitrogens with zero attached hydrogens (tertiary/aromatic N) is 7. The zero-order chi connectivity index (χ0) is 31.6.